The summed E-state index contributed by atoms with van der Waals surface area (Å²) in [5.41, 5.74) is 15.2. The molecule has 2 heteroatoms. The monoisotopic (exact) mass is 732 g/mol. The van der Waals surface area contributed by atoms with Crippen molar-refractivity contribution in [2.75, 3.05) is 9.80 Å². The molecule has 0 saturated heterocycles. The molecule has 1 atom stereocenters. The Morgan fingerprint density at radius 3 is 1.28 bits per heavy atom. The van der Waals surface area contributed by atoms with E-state index in [0.717, 1.165) is 34.9 Å². The topological polar surface area (TPSA) is 6.48 Å². The number of para-hydroxylation sites is 3. The fraction of sp³-hybridized carbons (Fsp3) is 0.0545. The molecule has 0 aromatic heterocycles. The van der Waals surface area contributed by atoms with E-state index in [1.807, 2.05) is 0 Å². The average molecular weight is 733 g/mol. The molecule has 0 N–H and O–H groups in total. The summed E-state index contributed by atoms with van der Waals surface area (Å²) < 4.78 is 0. The Kier molecular flexibility index (Phi) is 9.91. The highest BCUT2D eigenvalue weighted by Gasteiger charge is 2.27. The Morgan fingerprint density at radius 2 is 0.772 bits per heavy atom. The number of hydrogen-bond donors (Lipinski definition) is 0. The molecule has 0 fully saturated rings. The van der Waals surface area contributed by atoms with Gasteiger partial charge in [0.05, 0.1) is 5.69 Å². The second-order valence-electron chi connectivity index (χ2n) is 14.8. The first-order valence-electron chi connectivity index (χ1n) is 19.7. The summed E-state index contributed by atoms with van der Waals surface area (Å²) in [6.07, 6.45) is 7.96. The molecule has 0 radical (unpaired) electrons. The Morgan fingerprint density at radius 1 is 0.368 bits per heavy atom. The van der Waals surface area contributed by atoms with Crippen molar-refractivity contribution < 1.29 is 0 Å². The zero-order valence-electron chi connectivity index (χ0n) is 32.1. The van der Waals surface area contributed by atoms with Gasteiger partial charge in [0.15, 0.2) is 0 Å². The van der Waals surface area contributed by atoms with E-state index in [9.17, 15) is 0 Å². The maximum atomic E-state index is 2.39. The highest BCUT2D eigenvalue weighted by atomic mass is 15.2. The van der Waals surface area contributed by atoms with Gasteiger partial charge in [0, 0.05) is 39.4 Å². The van der Waals surface area contributed by atoms with Crippen molar-refractivity contribution in [3.05, 3.63) is 248 Å². The van der Waals surface area contributed by atoms with Gasteiger partial charge < -0.3 is 9.80 Å². The van der Waals surface area contributed by atoms with Crippen LogP contribution in [0, 0.1) is 0 Å². The van der Waals surface area contributed by atoms with Gasteiger partial charge in [0.2, 0.25) is 0 Å². The van der Waals surface area contributed by atoms with Crippen LogP contribution in [0.3, 0.4) is 0 Å². The molecule has 2 nitrogen and oxygen atoms in total. The lowest BCUT2D eigenvalue weighted by atomic mass is 9.76. The zero-order chi connectivity index (χ0) is 38.4. The maximum Gasteiger partial charge on any atom is 0.0540 e. The second kappa shape index (κ2) is 15.9. The fourth-order valence-electron chi connectivity index (χ4n) is 7.94. The van der Waals surface area contributed by atoms with E-state index in [1.165, 1.54) is 44.6 Å². The van der Waals surface area contributed by atoms with Gasteiger partial charge in [-0.3, -0.25) is 0 Å². The molecule has 0 heterocycles. The van der Waals surface area contributed by atoms with Crippen molar-refractivity contribution >= 4 is 28.4 Å². The lowest BCUT2D eigenvalue weighted by molar-refractivity contribution is 0.595. The summed E-state index contributed by atoms with van der Waals surface area (Å²) in [6.45, 7) is 2.34. The number of hydrogen-bond acceptors (Lipinski definition) is 2. The van der Waals surface area contributed by atoms with Gasteiger partial charge in [-0.1, -0.05) is 183 Å². The van der Waals surface area contributed by atoms with Gasteiger partial charge in [0.1, 0.15) is 0 Å². The van der Waals surface area contributed by atoms with E-state index in [1.54, 1.807) is 0 Å². The summed E-state index contributed by atoms with van der Waals surface area (Å²) in [5.74, 6) is 0. The third-order valence-corrected chi connectivity index (χ3v) is 11.1. The predicted molar refractivity (Wildman–Crippen MR) is 242 cm³/mol. The lowest BCUT2D eigenvalue weighted by Crippen LogP contribution is -2.24. The van der Waals surface area contributed by atoms with E-state index < -0.39 is 0 Å². The minimum absolute atomic E-state index is 0.141. The molecule has 1 unspecified atom stereocenters. The van der Waals surface area contributed by atoms with E-state index in [2.05, 4.69) is 253 Å². The Balaban J connectivity index is 0.996. The first kappa shape index (κ1) is 35.5. The normalized spacial score (nSPS) is 14.8. The minimum atomic E-state index is -0.141. The van der Waals surface area contributed by atoms with Crippen LogP contribution in [0.1, 0.15) is 18.9 Å². The molecule has 57 heavy (non-hydrogen) atoms. The summed E-state index contributed by atoms with van der Waals surface area (Å²) in [7, 11) is 0. The molecule has 0 bridgehead atoms. The minimum Gasteiger partial charge on any atom is -0.311 e. The number of rotatable bonds is 10. The van der Waals surface area contributed by atoms with Gasteiger partial charge in [-0.25, -0.2) is 0 Å². The van der Waals surface area contributed by atoms with Gasteiger partial charge in [-0.15, -0.1) is 0 Å². The van der Waals surface area contributed by atoms with Crippen LogP contribution in [0.5, 0.6) is 0 Å². The standard InChI is InChI=1S/C55H44N2/c1-55(40-38-52(39-41-55)56(48-20-10-4-11-21-48)50-34-28-44(29-35-50)42-16-6-2-7-17-42)47-32-26-46(27-33-47)53-24-14-15-25-54(53)57(49-22-12-5-13-23-49)51-36-30-45(31-37-51)43-18-8-3-9-19-43/h2-40H,41H2,1H3. The largest absolute Gasteiger partial charge is 0.311 e. The SMILES string of the molecule is CC1(c2ccc(-c3ccccc3N(c3ccccc3)c3ccc(-c4ccccc4)cc3)cc2)C=CC(N(c2ccccc2)c2ccc(-c3ccccc3)cc2)=CC1. The molecule has 9 rings (SSSR count). The molecule has 0 amide bonds. The third kappa shape index (κ3) is 7.46. The first-order chi connectivity index (χ1) is 28.1. The van der Waals surface area contributed by atoms with Crippen LogP contribution < -0.4 is 9.80 Å². The molecule has 0 spiro atoms. The van der Waals surface area contributed by atoms with Crippen LogP contribution in [-0.2, 0) is 5.41 Å². The molecule has 8 aromatic rings. The van der Waals surface area contributed by atoms with Crippen LogP contribution in [0.25, 0.3) is 33.4 Å². The second-order valence-corrected chi connectivity index (χ2v) is 14.8. The molecule has 8 aromatic carbocycles. The van der Waals surface area contributed by atoms with Crippen LogP contribution >= 0.6 is 0 Å². The summed E-state index contributed by atoms with van der Waals surface area (Å²) >= 11 is 0. The maximum absolute atomic E-state index is 2.39. The van der Waals surface area contributed by atoms with Crippen LogP contribution in [0.4, 0.5) is 28.4 Å². The molecule has 1 aliphatic rings. The van der Waals surface area contributed by atoms with Gasteiger partial charge in [-0.2, -0.15) is 0 Å². The highest BCUT2D eigenvalue weighted by Crippen LogP contribution is 2.43. The Hall–Kier alpha value is -7.16. The van der Waals surface area contributed by atoms with E-state index in [4.69, 9.17) is 0 Å². The van der Waals surface area contributed by atoms with Gasteiger partial charge >= 0.3 is 0 Å². The molecule has 0 saturated carbocycles. The third-order valence-electron chi connectivity index (χ3n) is 11.1. The molecular formula is C55H44N2. The van der Waals surface area contributed by atoms with Crippen LogP contribution in [0.2, 0.25) is 0 Å². The summed E-state index contributed by atoms with van der Waals surface area (Å²) in [6, 6.07) is 78.2. The van der Waals surface area contributed by atoms with Crippen molar-refractivity contribution in [3.63, 3.8) is 0 Å². The van der Waals surface area contributed by atoms with Crippen molar-refractivity contribution in [3.8, 4) is 33.4 Å². The summed E-state index contributed by atoms with van der Waals surface area (Å²) in [4.78, 5) is 4.72. The molecular weight excluding hydrogens is 689 g/mol. The fourth-order valence-corrected chi connectivity index (χ4v) is 7.94. The lowest BCUT2D eigenvalue weighted by Gasteiger charge is -2.33. The summed E-state index contributed by atoms with van der Waals surface area (Å²) in [5, 5.41) is 0. The number of benzene rings is 8. The zero-order valence-corrected chi connectivity index (χ0v) is 32.1. The Labute approximate surface area is 337 Å². The van der Waals surface area contributed by atoms with Crippen molar-refractivity contribution in [1.82, 2.24) is 0 Å². The van der Waals surface area contributed by atoms with Crippen LogP contribution in [-0.4, -0.2) is 0 Å². The first-order valence-corrected chi connectivity index (χ1v) is 19.7. The highest BCUT2D eigenvalue weighted by molar-refractivity contribution is 5.88. The van der Waals surface area contributed by atoms with Crippen molar-refractivity contribution in [2.24, 2.45) is 0 Å². The van der Waals surface area contributed by atoms with Crippen LogP contribution in [0.15, 0.2) is 242 Å². The average Bonchev–Trinajstić information content (AvgIpc) is 3.29. The smallest absolute Gasteiger partial charge is 0.0540 e. The van der Waals surface area contributed by atoms with E-state index >= 15 is 0 Å². The van der Waals surface area contributed by atoms with E-state index in [-0.39, 0.29) is 5.41 Å². The molecule has 1 aliphatic carbocycles. The van der Waals surface area contributed by atoms with Gasteiger partial charge in [0.25, 0.3) is 0 Å². The Bertz CT molecular complexity index is 2610. The predicted octanol–water partition coefficient (Wildman–Crippen LogP) is 15.1. The molecule has 0 aliphatic heterocycles. The van der Waals surface area contributed by atoms with Crippen molar-refractivity contribution in [1.29, 1.82) is 0 Å². The van der Waals surface area contributed by atoms with E-state index in [0.29, 0.717) is 0 Å². The quantitative estimate of drug-likeness (QED) is 0.138. The van der Waals surface area contributed by atoms with Crippen molar-refractivity contribution in [2.45, 2.75) is 18.8 Å². The van der Waals surface area contributed by atoms with Gasteiger partial charge in [-0.05, 0) is 100 Å². The number of nitrogens with zero attached hydrogens (tertiary/aromatic N) is 2. The number of anilines is 5. The molecule has 274 valence electrons. The number of allylic oxidation sites excluding steroid dienone is 3.